The Bertz CT molecular complexity index is 1080. The standard InChI is InChI=1S/C23H19FN2O4/c1-15-11-12-17(13-19(15)24)25-21(27)14-30-23(29)18-9-5-6-10-20(18)26-22(28)16-7-3-2-4-8-16/h2-13H,14H2,1H3,(H,25,27)(H,26,28). The van der Waals surface area contributed by atoms with Crippen LogP contribution in [0.25, 0.3) is 0 Å². The number of hydrogen-bond acceptors (Lipinski definition) is 4. The third-order valence-electron chi connectivity index (χ3n) is 4.22. The quantitative estimate of drug-likeness (QED) is 0.602. The van der Waals surface area contributed by atoms with Crippen LogP contribution in [-0.2, 0) is 9.53 Å². The molecule has 6 nitrogen and oxygen atoms in total. The van der Waals surface area contributed by atoms with Gasteiger partial charge >= 0.3 is 5.97 Å². The average Bonchev–Trinajstić information content (AvgIpc) is 2.75. The van der Waals surface area contributed by atoms with Crippen LogP contribution in [0.2, 0.25) is 0 Å². The summed E-state index contributed by atoms with van der Waals surface area (Å²) in [7, 11) is 0. The van der Waals surface area contributed by atoms with Gasteiger partial charge in [-0.05, 0) is 48.9 Å². The number of carbonyl (C=O) groups excluding carboxylic acids is 3. The van der Waals surface area contributed by atoms with Crippen molar-refractivity contribution < 1.29 is 23.5 Å². The van der Waals surface area contributed by atoms with E-state index in [1.165, 1.54) is 18.2 Å². The van der Waals surface area contributed by atoms with Crippen molar-refractivity contribution in [2.24, 2.45) is 0 Å². The largest absolute Gasteiger partial charge is 0.452 e. The Labute approximate surface area is 172 Å². The lowest BCUT2D eigenvalue weighted by Gasteiger charge is -2.11. The zero-order chi connectivity index (χ0) is 21.5. The molecular formula is C23H19FN2O4. The smallest absolute Gasteiger partial charge is 0.340 e. The lowest BCUT2D eigenvalue weighted by molar-refractivity contribution is -0.119. The molecule has 0 saturated carbocycles. The van der Waals surface area contributed by atoms with Crippen molar-refractivity contribution in [2.45, 2.75) is 6.92 Å². The summed E-state index contributed by atoms with van der Waals surface area (Å²) in [5.74, 6) is -2.22. The molecule has 3 aromatic carbocycles. The van der Waals surface area contributed by atoms with Gasteiger partial charge in [-0.25, -0.2) is 9.18 Å². The van der Waals surface area contributed by atoms with E-state index in [4.69, 9.17) is 4.74 Å². The monoisotopic (exact) mass is 406 g/mol. The number of para-hydroxylation sites is 1. The second kappa shape index (κ2) is 9.47. The molecule has 30 heavy (non-hydrogen) atoms. The maximum Gasteiger partial charge on any atom is 0.340 e. The second-order valence-corrected chi connectivity index (χ2v) is 6.45. The number of nitrogens with one attached hydrogen (secondary N) is 2. The van der Waals surface area contributed by atoms with Crippen LogP contribution in [-0.4, -0.2) is 24.4 Å². The number of amides is 2. The summed E-state index contributed by atoms with van der Waals surface area (Å²) in [6, 6.07) is 19.1. The molecule has 0 saturated heterocycles. The summed E-state index contributed by atoms with van der Waals surface area (Å²) in [5, 5.41) is 5.12. The van der Waals surface area contributed by atoms with Crippen LogP contribution < -0.4 is 10.6 Å². The molecular weight excluding hydrogens is 387 g/mol. The van der Waals surface area contributed by atoms with Crippen LogP contribution in [0.1, 0.15) is 26.3 Å². The Hall–Kier alpha value is -4.00. The summed E-state index contributed by atoms with van der Waals surface area (Å²) in [4.78, 5) is 36.8. The maximum atomic E-state index is 13.6. The summed E-state index contributed by atoms with van der Waals surface area (Å²) in [6.45, 7) is 1.05. The van der Waals surface area contributed by atoms with Crippen LogP contribution in [0, 0.1) is 12.7 Å². The highest BCUT2D eigenvalue weighted by Gasteiger charge is 2.16. The van der Waals surface area contributed by atoms with Crippen molar-refractivity contribution in [1.29, 1.82) is 0 Å². The first-order valence-corrected chi connectivity index (χ1v) is 9.12. The predicted molar refractivity (Wildman–Crippen MR) is 111 cm³/mol. The minimum atomic E-state index is -0.774. The van der Waals surface area contributed by atoms with E-state index >= 15 is 0 Å². The van der Waals surface area contributed by atoms with Crippen molar-refractivity contribution in [3.8, 4) is 0 Å². The SMILES string of the molecule is Cc1ccc(NC(=O)COC(=O)c2ccccc2NC(=O)c2ccccc2)cc1F. The molecule has 0 heterocycles. The Morgan fingerprint density at radius 3 is 2.33 bits per heavy atom. The Morgan fingerprint density at radius 1 is 0.900 bits per heavy atom. The van der Waals surface area contributed by atoms with Gasteiger partial charge in [-0.2, -0.15) is 0 Å². The van der Waals surface area contributed by atoms with Gasteiger partial charge in [-0.3, -0.25) is 9.59 Å². The van der Waals surface area contributed by atoms with Gasteiger partial charge in [0, 0.05) is 11.3 Å². The fraction of sp³-hybridized carbons (Fsp3) is 0.0870. The van der Waals surface area contributed by atoms with Gasteiger partial charge in [-0.1, -0.05) is 36.4 Å². The van der Waals surface area contributed by atoms with E-state index < -0.39 is 24.3 Å². The van der Waals surface area contributed by atoms with Gasteiger partial charge in [0.25, 0.3) is 11.8 Å². The second-order valence-electron chi connectivity index (χ2n) is 6.45. The molecule has 0 radical (unpaired) electrons. The molecule has 0 spiro atoms. The minimum absolute atomic E-state index is 0.107. The Balaban J connectivity index is 1.62. The van der Waals surface area contributed by atoms with Crippen LogP contribution >= 0.6 is 0 Å². The molecule has 2 N–H and O–H groups in total. The number of esters is 1. The van der Waals surface area contributed by atoms with Gasteiger partial charge in [0.1, 0.15) is 5.82 Å². The number of aryl methyl sites for hydroxylation is 1. The molecule has 0 aliphatic rings. The number of ether oxygens (including phenoxy) is 1. The van der Waals surface area contributed by atoms with Crippen LogP contribution in [0.15, 0.2) is 72.8 Å². The number of rotatable bonds is 6. The highest BCUT2D eigenvalue weighted by Crippen LogP contribution is 2.18. The summed E-state index contributed by atoms with van der Waals surface area (Å²) in [6.07, 6.45) is 0. The molecule has 0 bridgehead atoms. The van der Waals surface area contributed by atoms with Crippen LogP contribution in [0.4, 0.5) is 15.8 Å². The summed E-state index contributed by atoms with van der Waals surface area (Å²) >= 11 is 0. The van der Waals surface area contributed by atoms with Crippen molar-refractivity contribution in [2.75, 3.05) is 17.2 Å². The summed E-state index contributed by atoms with van der Waals surface area (Å²) < 4.78 is 18.6. The number of anilines is 2. The van der Waals surface area contributed by atoms with Crippen molar-refractivity contribution in [1.82, 2.24) is 0 Å². The molecule has 0 unspecified atom stereocenters. The first-order chi connectivity index (χ1) is 14.4. The minimum Gasteiger partial charge on any atom is -0.452 e. The fourth-order valence-corrected chi connectivity index (χ4v) is 2.63. The van der Waals surface area contributed by atoms with Gasteiger partial charge in [0.05, 0.1) is 11.3 Å². The topological polar surface area (TPSA) is 84.5 Å². The number of carbonyl (C=O) groups is 3. The van der Waals surface area contributed by atoms with E-state index in [1.54, 1.807) is 61.5 Å². The number of hydrogen-bond donors (Lipinski definition) is 2. The average molecular weight is 406 g/mol. The van der Waals surface area contributed by atoms with Crippen molar-refractivity contribution in [3.05, 3.63) is 95.3 Å². The lowest BCUT2D eigenvalue weighted by atomic mass is 10.1. The third kappa shape index (κ3) is 5.29. The third-order valence-corrected chi connectivity index (χ3v) is 4.22. The molecule has 7 heteroatoms. The van der Waals surface area contributed by atoms with Crippen molar-refractivity contribution >= 4 is 29.2 Å². The van der Waals surface area contributed by atoms with Crippen molar-refractivity contribution in [3.63, 3.8) is 0 Å². The molecule has 152 valence electrons. The lowest BCUT2D eigenvalue weighted by Crippen LogP contribution is -2.22. The normalized spacial score (nSPS) is 10.2. The molecule has 2 amide bonds. The molecule has 0 atom stereocenters. The summed E-state index contributed by atoms with van der Waals surface area (Å²) in [5.41, 5.74) is 1.52. The van der Waals surface area contributed by atoms with E-state index in [1.807, 2.05) is 0 Å². The van der Waals surface area contributed by atoms with Crippen LogP contribution in [0.3, 0.4) is 0 Å². The molecule has 0 aromatic heterocycles. The highest BCUT2D eigenvalue weighted by atomic mass is 19.1. The van der Waals surface area contributed by atoms with E-state index in [-0.39, 0.29) is 22.8 Å². The highest BCUT2D eigenvalue weighted by molar-refractivity contribution is 6.08. The first kappa shape index (κ1) is 20.7. The molecule has 0 aliphatic heterocycles. The number of halogens is 1. The maximum absolute atomic E-state index is 13.6. The zero-order valence-electron chi connectivity index (χ0n) is 16.1. The van der Waals surface area contributed by atoms with E-state index in [2.05, 4.69) is 10.6 Å². The van der Waals surface area contributed by atoms with Gasteiger partial charge in [0.2, 0.25) is 0 Å². The number of benzene rings is 3. The molecule has 0 fully saturated rings. The molecule has 3 rings (SSSR count). The zero-order valence-corrected chi connectivity index (χ0v) is 16.1. The molecule has 0 aliphatic carbocycles. The predicted octanol–water partition coefficient (Wildman–Crippen LogP) is 4.18. The van der Waals surface area contributed by atoms with E-state index in [9.17, 15) is 18.8 Å². The van der Waals surface area contributed by atoms with Gasteiger partial charge < -0.3 is 15.4 Å². The molecule has 3 aromatic rings. The van der Waals surface area contributed by atoms with E-state index in [0.717, 1.165) is 0 Å². The Kier molecular flexibility index (Phi) is 6.54. The van der Waals surface area contributed by atoms with Crippen LogP contribution in [0.5, 0.6) is 0 Å². The van der Waals surface area contributed by atoms with E-state index in [0.29, 0.717) is 11.1 Å². The van der Waals surface area contributed by atoms with Gasteiger partial charge in [0.15, 0.2) is 6.61 Å². The first-order valence-electron chi connectivity index (χ1n) is 9.12. The van der Waals surface area contributed by atoms with Gasteiger partial charge in [-0.15, -0.1) is 0 Å². The Morgan fingerprint density at radius 2 is 1.60 bits per heavy atom. The fourth-order valence-electron chi connectivity index (χ4n) is 2.63.